The zero-order valence-corrected chi connectivity index (χ0v) is 10.5. The number of nitrogens with zero attached hydrogens (tertiary/aromatic N) is 1. The Bertz CT molecular complexity index is 477. The molecule has 3 amide bonds. The largest absolute Gasteiger partial charge is 0.383 e. The van der Waals surface area contributed by atoms with E-state index in [1.807, 2.05) is 30.3 Å². The summed E-state index contributed by atoms with van der Waals surface area (Å²) >= 11 is 0. The van der Waals surface area contributed by atoms with E-state index >= 15 is 0 Å². The van der Waals surface area contributed by atoms with Gasteiger partial charge in [0.2, 0.25) is 5.91 Å². The van der Waals surface area contributed by atoms with Gasteiger partial charge >= 0.3 is 6.03 Å². The number of carbonyl (C=O) groups excluding carboxylic acids is 2. The summed E-state index contributed by atoms with van der Waals surface area (Å²) < 4.78 is 0. The topological polar surface area (TPSA) is 95.7 Å². The van der Waals surface area contributed by atoms with Crippen LogP contribution < -0.4 is 11.1 Å². The first-order chi connectivity index (χ1) is 9.01. The second-order valence-corrected chi connectivity index (χ2v) is 4.68. The number of aliphatic hydroxyl groups is 1. The Morgan fingerprint density at radius 1 is 1.37 bits per heavy atom. The third kappa shape index (κ3) is 3.03. The van der Waals surface area contributed by atoms with Gasteiger partial charge in [0.15, 0.2) is 0 Å². The van der Waals surface area contributed by atoms with Crippen LogP contribution in [0.4, 0.5) is 4.79 Å². The number of hydrogen-bond donors (Lipinski definition) is 3. The van der Waals surface area contributed by atoms with E-state index in [0.717, 1.165) is 5.56 Å². The summed E-state index contributed by atoms with van der Waals surface area (Å²) in [5.41, 5.74) is 4.70. The van der Waals surface area contributed by atoms with Gasteiger partial charge in [0.05, 0.1) is 13.1 Å². The van der Waals surface area contributed by atoms with Crippen LogP contribution in [0, 0.1) is 0 Å². The van der Waals surface area contributed by atoms with Crippen molar-refractivity contribution in [2.75, 3.05) is 19.6 Å². The summed E-state index contributed by atoms with van der Waals surface area (Å²) in [5.74, 6) is -0.245. The summed E-state index contributed by atoms with van der Waals surface area (Å²) in [5, 5.41) is 12.8. The number of primary amides is 1. The second-order valence-electron chi connectivity index (χ2n) is 4.68. The summed E-state index contributed by atoms with van der Waals surface area (Å²) in [7, 11) is 0. The molecule has 1 aliphatic heterocycles. The van der Waals surface area contributed by atoms with E-state index in [9.17, 15) is 14.7 Å². The van der Waals surface area contributed by atoms with Crippen molar-refractivity contribution in [3.63, 3.8) is 0 Å². The molecule has 1 saturated heterocycles. The van der Waals surface area contributed by atoms with Crippen LogP contribution in [0.15, 0.2) is 30.3 Å². The summed E-state index contributed by atoms with van der Waals surface area (Å²) in [6, 6.07) is 8.54. The molecule has 19 heavy (non-hydrogen) atoms. The molecule has 1 aliphatic rings. The number of nitrogens with two attached hydrogens (primary N) is 1. The van der Waals surface area contributed by atoms with E-state index in [4.69, 9.17) is 5.73 Å². The zero-order valence-electron chi connectivity index (χ0n) is 10.5. The molecule has 2 rings (SSSR count). The van der Waals surface area contributed by atoms with Gasteiger partial charge in [-0.05, 0) is 12.0 Å². The Hall–Kier alpha value is -2.08. The second kappa shape index (κ2) is 5.27. The fourth-order valence-electron chi connectivity index (χ4n) is 2.27. The molecular weight excluding hydrogens is 246 g/mol. The van der Waals surface area contributed by atoms with Crippen LogP contribution in [-0.2, 0) is 10.4 Å². The van der Waals surface area contributed by atoms with Crippen molar-refractivity contribution < 1.29 is 14.7 Å². The van der Waals surface area contributed by atoms with E-state index < -0.39 is 11.6 Å². The summed E-state index contributed by atoms with van der Waals surface area (Å²) in [4.78, 5) is 23.9. The molecule has 0 aromatic heterocycles. The van der Waals surface area contributed by atoms with Crippen molar-refractivity contribution in [3.8, 4) is 0 Å². The zero-order chi connectivity index (χ0) is 13.9. The molecule has 1 aromatic rings. The number of amides is 3. The minimum absolute atomic E-state index is 0.139. The minimum atomic E-state index is -1.01. The lowest BCUT2D eigenvalue weighted by Gasteiger charge is -2.24. The monoisotopic (exact) mass is 263 g/mol. The number of nitrogens with one attached hydrogen (secondary N) is 1. The van der Waals surface area contributed by atoms with Gasteiger partial charge in [0.1, 0.15) is 5.60 Å². The van der Waals surface area contributed by atoms with Crippen molar-refractivity contribution in [1.82, 2.24) is 10.2 Å². The third-order valence-corrected chi connectivity index (χ3v) is 3.33. The average molecular weight is 263 g/mol. The molecule has 1 atom stereocenters. The predicted molar refractivity (Wildman–Crippen MR) is 69.1 cm³/mol. The number of carbonyl (C=O) groups is 2. The van der Waals surface area contributed by atoms with Crippen molar-refractivity contribution in [2.24, 2.45) is 5.73 Å². The van der Waals surface area contributed by atoms with Crippen LogP contribution in [0.1, 0.15) is 12.0 Å². The SMILES string of the molecule is NC(=O)NCC(=O)N1CCC(O)(c2ccccc2)C1. The van der Waals surface area contributed by atoms with Crippen molar-refractivity contribution in [3.05, 3.63) is 35.9 Å². The van der Waals surface area contributed by atoms with Gasteiger partial charge in [-0.2, -0.15) is 0 Å². The highest BCUT2D eigenvalue weighted by atomic mass is 16.3. The Morgan fingerprint density at radius 2 is 2.05 bits per heavy atom. The molecule has 4 N–H and O–H groups in total. The van der Waals surface area contributed by atoms with E-state index in [1.54, 1.807) is 0 Å². The highest BCUT2D eigenvalue weighted by molar-refractivity contribution is 5.83. The number of hydrogen-bond acceptors (Lipinski definition) is 3. The quantitative estimate of drug-likeness (QED) is 0.703. The molecule has 6 heteroatoms. The maximum absolute atomic E-state index is 11.8. The molecule has 1 fully saturated rings. The predicted octanol–water partition coefficient (Wildman–Crippen LogP) is -0.225. The van der Waals surface area contributed by atoms with Crippen LogP contribution in [-0.4, -0.2) is 41.6 Å². The Morgan fingerprint density at radius 3 is 2.68 bits per heavy atom. The Balaban J connectivity index is 1.99. The van der Waals surface area contributed by atoms with E-state index in [1.165, 1.54) is 4.90 Å². The van der Waals surface area contributed by atoms with Gasteiger partial charge in [-0.15, -0.1) is 0 Å². The lowest BCUT2D eigenvalue weighted by Crippen LogP contribution is -2.42. The molecule has 1 unspecified atom stereocenters. The van der Waals surface area contributed by atoms with Crippen LogP contribution in [0.25, 0.3) is 0 Å². The van der Waals surface area contributed by atoms with Gasteiger partial charge in [0, 0.05) is 6.54 Å². The van der Waals surface area contributed by atoms with Gasteiger partial charge < -0.3 is 21.1 Å². The van der Waals surface area contributed by atoms with Gasteiger partial charge in [-0.25, -0.2) is 4.79 Å². The third-order valence-electron chi connectivity index (χ3n) is 3.33. The summed E-state index contributed by atoms with van der Waals surface area (Å²) in [6.07, 6.45) is 0.485. The van der Waals surface area contributed by atoms with E-state index in [0.29, 0.717) is 13.0 Å². The Kier molecular flexibility index (Phi) is 3.71. The molecule has 0 bridgehead atoms. The number of urea groups is 1. The molecule has 0 spiro atoms. The first kappa shape index (κ1) is 13.4. The number of likely N-dealkylation sites (tertiary alicyclic amines) is 1. The highest BCUT2D eigenvalue weighted by Crippen LogP contribution is 2.31. The normalized spacial score (nSPS) is 22.3. The van der Waals surface area contributed by atoms with Crippen molar-refractivity contribution in [1.29, 1.82) is 0 Å². The highest BCUT2D eigenvalue weighted by Gasteiger charge is 2.39. The van der Waals surface area contributed by atoms with Gasteiger partial charge in [0.25, 0.3) is 0 Å². The van der Waals surface area contributed by atoms with Crippen molar-refractivity contribution in [2.45, 2.75) is 12.0 Å². The molecule has 1 aromatic carbocycles. The number of rotatable bonds is 3. The first-order valence-electron chi connectivity index (χ1n) is 6.10. The maximum Gasteiger partial charge on any atom is 0.312 e. The fourth-order valence-corrected chi connectivity index (χ4v) is 2.27. The average Bonchev–Trinajstić information content (AvgIpc) is 2.81. The molecule has 0 aliphatic carbocycles. The van der Waals surface area contributed by atoms with E-state index in [2.05, 4.69) is 5.32 Å². The number of β-amino-alcohol motifs (C(OH)–C–C–N with tert-alkyl or cyclic N) is 1. The molecule has 1 heterocycles. The Labute approximate surface area is 111 Å². The van der Waals surface area contributed by atoms with Crippen LogP contribution in [0.5, 0.6) is 0 Å². The summed E-state index contributed by atoms with van der Waals surface area (Å²) in [6.45, 7) is 0.557. The maximum atomic E-state index is 11.8. The minimum Gasteiger partial charge on any atom is -0.383 e. The van der Waals surface area contributed by atoms with Gasteiger partial charge in [-0.3, -0.25) is 4.79 Å². The van der Waals surface area contributed by atoms with Gasteiger partial charge in [-0.1, -0.05) is 30.3 Å². The van der Waals surface area contributed by atoms with E-state index in [-0.39, 0.29) is 19.0 Å². The lowest BCUT2D eigenvalue weighted by atomic mass is 9.93. The first-order valence-corrected chi connectivity index (χ1v) is 6.10. The molecule has 0 radical (unpaired) electrons. The van der Waals surface area contributed by atoms with Crippen molar-refractivity contribution >= 4 is 11.9 Å². The molecule has 102 valence electrons. The van der Waals surface area contributed by atoms with Crippen LogP contribution in [0.2, 0.25) is 0 Å². The lowest BCUT2D eigenvalue weighted by molar-refractivity contribution is -0.130. The molecular formula is C13H17N3O3. The smallest absolute Gasteiger partial charge is 0.312 e. The number of benzene rings is 1. The van der Waals surface area contributed by atoms with Crippen LogP contribution in [0.3, 0.4) is 0 Å². The molecule has 0 saturated carbocycles. The molecule has 6 nitrogen and oxygen atoms in total. The fraction of sp³-hybridized carbons (Fsp3) is 0.385. The van der Waals surface area contributed by atoms with Crippen LogP contribution >= 0.6 is 0 Å². The standard InChI is InChI=1S/C13H17N3O3/c14-12(18)15-8-11(17)16-7-6-13(19,9-16)10-4-2-1-3-5-10/h1-5,19H,6-9H2,(H3,14,15,18).